The minimum absolute atomic E-state index is 0. The first-order valence-corrected chi connectivity index (χ1v) is 10.9. The summed E-state index contributed by atoms with van der Waals surface area (Å²) in [4.78, 5) is 9.05. The van der Waals surface area contributed by atoms with Gasteiger partial charge in [0.1, 0.15) is 0 Å². The molecular formula is C18H28IN5O3S. The van der Waals surface area contributed by atoms with E-state index < -0.39 is 9.84 Å². The van der Waals surface area contributed by atoms with Crippen molar-refractivity contribution < 1.29 is 12.9 Å². The average Bonchev–Trinajstić information content (AvgIpc) is 3.03. The Balaban J connectivity index is 0.00000392. The van der Waals surface area contributed by atoms with Gasteiger partial charge in [-0.05, 0) is 44.4 Å². The van der Waals surface area contributed by atoms with Crippen molar-refractivity contribution in [3.05, 3.63) is 41.5 Å². The van der Waals surface area contributed by atoms with Gasteiger partial charge in [-0.3, -0.25) is 4.99 Å². The monoisotopic (exact) mass is 521 g/mol. The molecule has 8 nitrogen and oxygen atoms in total. The number of nitrogens with zero attached hydrogens (tertiary/aromatic N) is 3. The van der Waals surface area contributed by atoms with Crippen LogP contribution in [0.5, 0.6) is 0 Å². The van der Waals surface area contributed by atoms with Crippen LogP contribution in [0.2, 0.25) is 0 Å². The molecule has 0 aliphatic heterocycles. The molecule has 0 saturated heterocycles. The number of hydrogen-bond donors (Lipinski definition) is 2. The first-order chi connectivity index (χ1) is 12.9. The molecule has 2 aromatic rings. The minimum atomic E-state index is -3.15. The van der Waals surface area contributed by atoms with E-state index in [0.29, 0.717) is 36.1 Å². The second-order valence-electron chi connectivity index (χ2n) is 6.19. The fourth-order valence-corrected chi connectivity index (χ4v) is 3.06. The molecule has 0 amide bonds. The van der Waals surface area contributed by atoms with Crippen LogP contribution >= 0.6 is 24.0 Å². The SMILES string of the molecule is CCNC(=NCCCc1nc(C)no1)NCCc1ccc(S(C)(=O)=O)cc1.I. The Morgan fingerprint density at radius 1 is 1.18 bits per heavy atom. The van der Waals surface area contributed by atoms with Crippen molar-refractivity contribution in [2.45, 2.75) is 38.0 Å². The zero-order chi connectivity index (χ0) is 19.7. The van der Waals surface area contributed by atoms with Gasteiger partial charge in [-0.15, -0.1) is 24.0 Å². The van der Waals surface area contributed by atoms with Crippen molar-refractivity contribution in [2.24, 2.45) is 4.99 Å². The molecule has 1 heterocycles. The number of rotatable bonds is 9. The largest absolute Gasteiger partial charge is 0.357 e. The van der Waals surface area contributed by atoms with Gasteiger partial charge in [0.15, 0.2) is 21.6 Å². The second kappa shape index (κ2) is 12.0. The Labute approximate surface area is 183 Å². The van der Waals surface area contributed by atoms with Crippen molar-refractivity contribution in [1.82, 2.24) is 20.8 Å². The lowest BCUT2D eigenvalue weighted by Crippen LogP contribution is -2.38. The van der Waals surface area contributed by atoms with E-state index in [1.807, 2.05) is 19.1 Å². The van der Waals surface area contributed by atoms with E-state index in [2.05, 4.69) is 25.8 Å². The number of halogens is 1. The lowest BCUT2D eigenvalue weighted by molar-refractivity contribution is 0.372. The summed E-state index contributed by atoms with van der Waals surface area (Å²) in [6.45, 7) is 5.94. The fraction of sp³-hybridized carbons (Fsp3) is 0.500. The molecular weight excluding hydrogens is 493 g/mol. The van der Waals surface area contributed by atoms with Crippen molar-refractivity contribution in [2.75, 3.05) is 25.9 Å². The maximum atomic E-state index is 11.5. The quantitative estimate of drug-likeness (QED) is 0.225. The van der Waals surface area contributed by atoms with Gasteiger partial charge >= 0.3 is 0 Å². The number of aromatic nitrogens is 2. The van der Waals surface area contributed by atoms with E-state index in [1.54, 1.807) is 19.1 Å². The molecule has 1 aromatic heterocycles. The van der Waals surface area contributed by atoms with Gasteiger partial charge in [0.05, 0.1) is 4.90 Å². The fourth-order valence-electron chi connectivity index (χ4n) is 2.43. The Bertz CT molecular complexity index is 850. The van der Waals surface area contributed by atoms with Gasteiger partial charge in [-0.25, -0.2) is 8.42 Å². The lowest BCUT2D eigenvalue weighted by atomic mass is 10.1. The first-order valence-electron chi connectivity index (χ1n) is 8.99. The van der Waals surface area contributed by atoms with Gasteiger partial charge in [0, 0.05) is 32.3 Å². The van der Waals surface area contributed by atoms with Crippen molar-refractivity contribution in [3.63, 3.8) is 0 Å². The van der Waals surface area contributed by atoms with E-state index in [9.17, 15) is 8.42 Å². The third-order valence-corrected chi connectivity index (χ3v) is 4.92. The predicted octanol–water partition coefficient (Wildman–Crippen LogP) is 2.13. The Morgan fingerprint density at radius 3 is 2.46 bits per heavy atom. The standard InChI is InChI=1S/C18H27N5O3S.HI/c1-4-19-18(20-12-5-6-17-22-14(2)23-26-17)21-13-11-15-7-9-16(10-8-15)27(3,24)25;/h7-10H,4-6,11-13H2,1-3H3,(H2,19,20,21);1H. The molecule has 0 unspecified atom stereocenters. The molecule has 0 spiro atoms. The molecule has 0 radical (unpaired) electrons. The number of benzene rings is 1. The van der Waals surface area contributed by atoms with Crippen molar-refractivity contribution in [1.29, 1.82) is 0 Å². The third-order valence-electron chi connectivity index (χ3n) is 3.79. The summed E-state index contributed by atoms with van der Waals surface area (Å²) in [5, 5.41) is 10.3. The molecule has 28 heavy (non-hydrogen) atoms. The minimum Gasteiger partial charge on any atom is -0.357 e. The second-order valence-corrected chi connectivity index (χ2v) is 8.21. The van der Waals surface area contributed by atoms with Crippen LogP contribution in [0.25, 0.3) is 0 Å². The van der Waals surface area contributed by atoms with Crippen LogP contribution < -0.4 is 10.6 Å². The summed E-state index contributed by atoms with van der Waals surface area (Å²) < 4.78 is 28.1. The Morgan fingerprint density at radius 2 is 1.89 bits per heavy atom. The molecule has 0 aliphatic rings. The Kier molecular flexibility index (Phi) is 10.4. The molecule has 2 N–H and O–H groups in total. The molecule has 156 valence electrons. The number of aryl methyl sites for hydroxylation is 2. The van der Waals surface area contributed by atoms with Crippen LogP contribution in [0, 0.1) is 6.92 Å². The topological polar surface area (TPSA) is 109 Å². The normalized spacial score (nSPS) is 11.8. The number of nitrogens with one attached hydrogen (secondary N) is 2. The van der Waals surface area contributed by atoms with Crippen LogP contribution in [0.4, 0.5) is 0 Å². The average molecular weight is 521 g/mol. The van der Waals surface area contributed by atoms with Crippen LogP contribution in [0.15, 0.2) is 38.7 Å². The van der Waals surface area contributed by atoms with E-state index in [-0.39, 0.29) is 24.0 Å². The van der Waals surface area contributed by atoms with E-state index in [0.717, 1.165) is 30.9 Å². The highest BCUT2D eigenvalue weighted by molar-refractivity contribution is 14.0. The van der Waals surface area contributed by atoms with Crippen LogP contribution in [0.1, 0.15) is 30.6 Å². The van der Waals surface area contributed by atoms with Gasteiger partial charge in [0.25, 0.3) is 0 Å². The first kappa shape index (κ1) is 24.3. The molecule has 0 atom stereocenters. The highest BCUT2D eigenvalue weighted by atomic mass is 127. The van der Waals surface area contributed by atoms with Gasteiger partial charge in [-0.2, -0.15) is 4.98 Å². The van der Waals surface area contributed by atoms with Gasteiger partial charge in [0.2, 0.25) is 5.89 Å². The zero-order valence-corrected chi connectivity index (χ0v) is 19.6. The van der Waals surface area contributed by atoms with Gasteiger partial charge < -0.3 is 15.2 Å². The zero-order valence-electron chi connectivity index (χ0n) is 16.4. The molecule has 0 aliphatic carbocycles. The highest BCUT2D eigenvalue weighted by Gasteiger charge is 2.06. The summed E-state index contributed by atoms with van der Waals surface area (Å²) in [6.07, 6.45) is 3.51. The van der Waals surface area contributed by atoms with E-state index >= 15 is 0 Å². The third kappa shape index (κ3) is 8.55. The van der Waals surface area contributed by atoms with E-state index in [1.165, 1.54) is 6.26 Å². The number of hydrogen-bond acceptors (Lipinski definition) is 6. The molecule has 10 heteroatoms. The number of aliphatic imine (C=N–C) groups is 1. The molecule has 2 rings (SSSR count). The predicted molar refractivity (Wildman–Crippen MR) is 120 cm³/mol. The van der Waals surface area contributed by atoms with Crippen LogP contribution in [-0.2, 0) is 22.7 Å². The van der Waals surface area contributed by atoms with E-state index in [4.69, 9.17) is 4.52 Å². The van der Waals surface area contributed by atoms with Gasteiger partial charge in [-0.1, -0.05) is 17.3 Å². The summed E-state index contributed by atoms with van der Waals surface area (Å²) in [7, 11) is -3.15. The van der Waals surface area contributed by atoms with Crippen LogP contribution in [0.3, 0.4) is 0 Å². The highest BCUT2D eigenvalue weighted by Crippen LogP contribution is 2.10. The number of sulfone groups is 1. The Hall–Kier alpha value is -1.69. The maximum Gasteiger partial charge on any atom is 0.226 e. The molecule has 0 bridgehead atoms. The summed E-state index contributed by atoms with van der Waals surface area (Å²) in [5.41, 5.74) is 1.07. The summed E-state index contributed by atoms with van der Waals surface area (Å²) >= 11 is 0. The van der Waals surface area contributed by atoms with Crippen molar-refractivity contribution in [3.8, 4) is 0 Å². The summed E-state index contributed by atoms with van der Waals surface area (Å²) in [6, 6.07) is 6.97. The summed E-state index contributed by atoms with van der Waals surface area (Å²) in [5.74, 6) is 2.04. The van der Waals surface area contributed by atoms with Crippen molar-refractivity contribution >= 4 is 39.8 Å². The smallest absolute Gasteiger partial charge is 0.226 e. The maximum absolute atomic E-state index is 11.5. The molecule has 0 fully saturated rings. The van der Waals surface area contributed by atoms with Crippen LogP contribution in [-0.4, -0.2) is 50.4 Å². The lowest BCUT2D eigenvalue weighted by Gasteiger charge is -2.11. The molecule has 1 aromatic carbocycles. The number of guanidine groups is 1. The molecule has 0 saturated carbocycles.